The van der Waals surface area contributed by atoms with Crippen molar-refractivity contribution in [3.8, 4) is 0 Å². The van der Waals surface area contributed by atoms with Crippen molar-refractivity contribution in [2.45, 2.75) is 26.3 Å². The predicted octanol–water partition coefficient (Wildman–Crippen LogP) is 0.629. The molecule has 0 rings (SSSR count). The number of aliphatic hydroxyl groups is 1. The number of aliphatic hydroxyl groups excluding tert-OH is 1. The van der Waals surface area contributed by atoms with Crippen LogP contribution >= 0.6 is 0 Å². The van der Waals surface area contributed by atoms with Crippen molar-refractivity contribution in [2.24, 2.45) is 5.92 Å². The zero-order chi connectivity index (χ0) is 9.40. The number of hydrogen-bond acceptors (Lipinski definition) is 3. The molecule has 3 nitrogen and oxygen atoms in total. The van der Waals surface area contributed by atoms with Gasteiger partial charge in [0, 0.05) is 19.3 Å². The van der Waals surface area contributed by atoms with Crippen LogP contribution in [-0.2, 0) is 4.74 Å². The van der Waals surface area contributed by atoms with Crippen LogP contribution in [-0.4, -0.2) is 38.0 Å². The van der Waals surface area contributed by atoms with Crippen molar-refractivity contribution in [3.63, 3.8) is 0 Å². The Bertz CT molecular complexity index is 92.5. The average Bonchev–Trinajstić information content (AvgIpc) is 2.04. The molecule has 1 atom stereocenters. The van der Waals surface area contributed by atoms with E-state index >= 15 is 0 Å². The lowest BCUT2D eigenvalue weighted by Gasteiger charge is -2.13. The molecule has 0 aliphatic heterocycles. The van der Waals surface area contributed by atoms with Gasteiger partial charge >= 0.3 is 0 Å². The van der Waals surface area contributed by atoms with E-state index in [4.69, 9.17) is 9.84 Å². The molecule has 0 bridgehead atoms. The van der Waals surface area contributed by atoms with E-state index in [1.165, 1.54) is 0 Å². The van der Waals surface area contributed by atoms with Crippen LogP contribution in [0.3, 0.4) is 0 Å². The number of ether oxygens (including phenoxy) is 1. The quantitative estimate of drug-likeness (QED) is 0.558. The van der Waals surface area contributed by atoms with Crippen LogP contribution in [0.5, 0.6) is 0 Å². The van der Waals surface area contributed by atoms with Crippen LogP contribution in [0.1, 0.15) is 20.3 Å². The van der Waals surface area contributed by atoms with E-state index in [1.807, 2.05) is 7.05 Å². The summed E-state index contributed by atoms with van der Waals surface area (Å²) in [6, 6.07) is 0.178. The van der Waals surface area contributed by atoms with Crippen molar-refractivity contribution in [3.05, 3.63) is 0 Å². The maximum atomic E-state index is 8.82. The topological polar surface area (TPSA) is 41.5 Å². The monoisotopic (exact) mass is 175 g/mol. The maximum absolute atomic E-state index is 8.82. The van der Waals surface area contributed by atoms with Crippen molar-refractivity contribution >= 4 is 0 Å². The second-order valence-corrected chi connectivity index (χ2v) is 3.43. The molecule has 0 aromatic rings. The van der Waals surface area contributed by atoms with Gasteiger partial charge in [0.05, 0.1) is 6.61 Å². The smallest absolute Gasteiger partial charge is 0.0585 e. The summed E-state index contributed by atoms with van der Waals surface area (Å²) in [6.45, 7) is 5.97. The van der Waals surface area contributed by atoms with Crippen LogP contribution in [0.25, 0.3) is 0 Å². The van der Waals surface area contributed by atoms with E-state index in [1.54, 1.807) is 0 Å². The van der Waals surface area contributed by atoms with Crippen LogP contribution in [0.4, 0.5) is 0 Å². The SMILES string of the molecule is CNC(CO)CCOCC(C)C. The fourth-order valence-corrected chi connectivity index (χ4v) is 0.872. The first-order valence-electron chi connectivity index (χ1n) is 4.56. The largest absolute Gasteiger partial charge is 0.395 e. The summed E-state index contributed by atoms with van der Waals surface area (Å²) < 4.78 is 5.38. The highest BCUT2D eigenvalue weighted by Gasteiger charge is 2.03. The molecular formula is C9H21NO2. The van der Waals surface area contributed by atoms with Crippen molar-refractivity contribution < 1.29 is 9.84 Å². The van der Waals surface area contributed by atoms with E-state index in [0.717, 1.165) is 19.6 Å². The highest BCUT2D eigenvalue weighted by atomic mass is 16.5. The molecule has 3 heteroatoms. The van der Waals surface area contributed by atoms with Gasteiger partial charge in [0.1, 0.15) is 0 Å². The molecule has 0 aliphatic rings. The van der Waals surface area contributed by atoms with Crippen molar-refractivity contribution in [1.82, 2.24) is 5.32 Å². The Hall–Kier alpha value is -0.120. The first-order chi connectivity index (χ1) is 5.70. The summed E-state index contributed by atoms with van der Waals surface area (Å²) in [5, 5.41) is 11.8. The zero-order valence-corrected chi connectivity index (χ0v) is 8.34. The lowest BCUT2D eigenvalue weighted by molar-refractivity contribution is 0.0950. The summed E-state index contributed by atoms with van der Waals surface area (Å²) in [5.41, 5.74) is 0. The molecule has 0 saturated heterocycles. The predicted molar refractivity (Wildman–Crippen MR) is 50.2 cm³/mol. The summed E-state index contributed by atoms with van der Waals surface area (Å²) in [4.78, 5) is 0. The Kier molecular flexibility index (Phi) is 7.45. The third-order valence-electron chi connectivity index (χ3n) is 1.69. The summed E-state index contributed by atoms with van der Waals surface area (Å²) >= 11 is 0. The number of hydrogen-bond donors (Lipinski definition) is 2. The normalized spacial score (nSPS) is 13.8. The molecule has 0 aliphatic carbocycles. The van der Waals surface area contributed by atoms with Gasteiger partial charge in [-0.1, -0.05) is 13.8 Å². The van der Waals surface area contributed by atoms with Gasteiger partial charge in [-0.3, -0.25) is 0 Å². The minimum Gasteiger partial charge on any atom is -0.395 e. The molecule has 0 fully saturated rings. The maximum Gasteiger partial charge on any atom is 0.0585 e. The molecular weight excluding hydrogens is 154 g/mol. The molecule has 0 spiro atoms. The fourth-order valence-electron chi connectivity index (χ4n) is 0.872. The van der Waals surface area contributed by atoms with E-state index in [9.17, 15) is 0 Å². The lowest BCUT2D eigenvalue weighted by atomic mass is 10.2. The molecule has 0 radical (unpaired) electrons. The van der Waals surface area contributed by atoms with E-state index in [2.05, 4.69) is 19.2 Å². The average molecular weight is 175 g/mol. The van der Waals surface area contributed by atoms with Crippen LogP contribution < -0.4 is 5.32 Å². The van der Waals surface area contributed by atoms with Crippen molar-refractivity contribution in [2.75, 3.05) is 26.9 Å². The Morgan fingerprint density at radius 3 is 2.50 bits per heavy atom. The van der Waals surface area contributed by atoms with E-state index in [-0.39, 0.29) is 12.6 Å². The zero-order valence-electron chi connectivity index (χ0n) is 8.34. The highest BCUT2D eigenvalue weighted by Crippen LogP contribution is 1.95. The van der Waals surface area contributed by atoms with Crippen molar-refractivity contribution in [1.29, 1.82) is 0 Å². The third kappa shape index (κ3) is 6.58. The fraction of sp³-hybridized carbons (Fsp3) is 1.00. The van der Waals surface area contributed by atoms with Gasteiger partial charge in [-0.25, -0.2) is 0 Å². The Balaban J connectivity index is 3.17. The number of likely N-dealkylation sites (N-methyl/N-ethyl adjacent to an activating group) is 1. The Labute approximate surface area is 75.1 Å². The van der Waals surface area contributed by atoms with Gasteiger partial charge < -0.3 is 15.2 Å². The molecule has 0 aromatic carbocycles. The first kappa shape index (κ1) is 11.9. The summed E-state index contributed by atoms with van der Waals surface area (Å²) in [7, 11) is 1.85. The molecule has 0 aromatic heterocycles. The van der Waals surface area contributed by atoms with E-state index in [0.29, 0.717) is 5.92 Å². The molecule has 0 saturated carbocycles. The van der Waals surface area contributed by atoms with Gasteiger partial charge in [0.2, 0.25) is 0 Å². The van der Waals surface area contributed by atoms with Gasteiger partial charge in [-0.15, -0.1) is 0 Å². The van der Waals surface area contributed by atoms with Crippen LogP contribution in [0, 0.1) is 5.92 Å². The standard InChI is InChI=1S/C9H21NO2/c1-8(2)7-12-5-4-9(6-11)10-3/h8-11H,4-7H2,1-3H3. The molecule has 2 N–H and O–H groups in total. The second-order valence-electron chi connectivity index (χ2n) is 3.43. The van der Waals surface area contributed by atoms with Gasteiger partial charge in [-0.05, 0) is 19.4 Å². The van der Waals surface area contributed by atoms with Gasteiger partial charge in [0.15, 0.2) is 0 Å². The summed E-state index contributed by atoms with van der Waals surface area (Å²) in [5.74, 6) is 0.590. The number of rotatable bonds is 7. The minimum absolute atomic E-state index is 0.178. The highest BCUT2D eigenvalue weighted by molar-refractivity contribution is 4.61. The molecule has 1 unspecified atom stereocenters. The van der Waals surface area contributed by atoms with Crippen LogP contribution in [0.2, 0.25) is 0 Å². The molecule has 74 valence electrons. The number of nitrogens with one attached hydrogen (secondary N) is 1. The van der Waals surface area contributed by atoms with Crippen LogP contribution in [0.15, 0.2) is 0 Å². The summed E-state index contributed by atoms with van der Waals surface area (Å²) in [6.07, 6.45) is 0.875. The molecule has 0 amide bonds. The minimum atomic E-state index is 0.178. The first-order valence-corrected chi connectivity index (χ1v) is 4.56. The molecule has 12 heavy (non-hydrogen) atoms. The lowest BCUT2D eigenvalue weighted by Crippen LogP contribution is -2.30. The van der Waals surface area contributed by atoms with Gasteiger partial charge in [-0.2, -0.15) is 0 Å². The Morgan fingerprint density at radius 2 is 2.08 bits per heavy atom. The third-order valence-corrected chi connectivity index (χ3v) is 1.69. The van der Waals surface area contributed by atoms with E-state index < -0.39 is 0 Å². The Morgan fingerprint density at radius 1 is 1.42 bits per heavy atom. The van der Waals surface area contributed by atoms with Gasteiger partial charge in [0.25, 0.3) is 0 Å². The second kappa shape index (κ2) is 7.53. The molecule has 0 heterocycles.